The van der Waals surface area contributed by atoms with Gasteiger partial charge in [-0.05, 0) is 17.5 Å². The molecule has 0 amide bonds. The van der Waals surface area contributed by atoms with E-state index in [-0.39, 0.29) is 11.9 Å². The van der Waals surface area contributed by atoms with Crippen molar-refractivity contribution in [3.8, 4) is 5.75 Å². The third-order valence-corrected chi connectivity index (χ3v) is 2.37. The van der Waals surface area contributed by atoms with Crippen molar-refractivity contribution in [2.75, 3.05) is 14.2 Å². The average molecular weight is 208 g/mol. The number of hydrogen-bond donors (Lipinski definition) is 0. The maximum atomic E-state index is 11.1. The maximum Gasteiger partial charge on any atom is 0.306 e. The molecule has 0 fully saturated rings. The van der Waals surface area contributed by atoms with Crippen LogP contribution in [0, 0.1) is 0 Å². The molecule has 0 aromatic heterocycles. The Morgan fingerprint density at radius 2 is 2.00 bits per heavy atom. The molecule has 0 aliphatic rings. The molecule has 0 spiro atoms. The number of rotatable bonds is 4. The molecule has 0 saturated carbocycles. The van der Waals surface area contributed by atoms with Gasteiger partial charge in [-0.1, -0.05) is 25.1 Å². The molecule has 0 radical (unpaired) electrons. The van der Waals surface area contributed by atoms with Crippen molar-refractivity contribution >= 4 is 5.97 Å². The molecule has 15 heavy (non-hydrogen) atoms. The summed E-state index contributed by atoms with van der Waals surface area (Å²) >= 11 is 0. The van der Waals surface area contributed by atoms with E-state index in [0.29, 0.717) is 6.42 Å². The van der Waals surface area contributed by atoms with E-state index in [0.717, 1.165) is 11.3 Å². The van der Waals surface area contributed by atoms with Gasteiger partial charge in [0.15, 0.2) is 0 Å². The van der Waals surface area contributed by atoms with E-state index in [4.69, 9.17) is 4.74 Å². The normalized spacial score (nSPS) is 11.9. The fourth-order valence-corrected chi connectivity index (χ4v) is 1.52. The van der Waals surface area contributed by atoms with E-state index in [1.54, 1.807) is 7.11 Å². The van der Waals surface area contributed by atoms with Crippen molar-refractivity contribution in [1.29, 1.82) is 0 Å². The minimum absolute atomic E-state index is 0.105. The number of carbonyl (C=O) groups is 1. The highest BCUT2D eigenvalue weighted by Gasteiger charge is 2.14. The van der Waals surface area contributed by atoms with Crippen molar-refractivity contribution in [3.63, 3.8) is 0 Å². The zero-order chi connectivity index (χ0) is 11.3. The van der Waals surface area contributed by atoms with Gasteiger partial charge < -0.3 is 9.47 Å². The van der Waals surface area contributed by atoms with Gasteiger partial charge in [0.2, 0.25) is 0 Å². The molecule has 0 aliphatic heterocycles. The minimum Gasteiger partial charge on any atom is -0.496 e. The maximum absolute atomic E-state index is 11.1. The van der Waals surface area contributed by atoms with E-state index in [9.17, 15) is 4.79 Å². The Morgan fingerprint density at radius 3 is 2.60 bits per heavy atom. The predicted octanol–water partition coefficient (Wildman–Crippen LogP) is 2.36. The number of ether oxygens (including phenoxy) is 2. The minimum atomic E-state index is -0.201. The van der Waals surface area contributed by atoms with E-state index in [1.807, 2.05) is 31.2 Å². The molecule has 0 N–H and O–H groups in total. The van der Waals surface area contributed by atoms with Crippen molar-refractivity contribution in [2.24, 2.45) is 0 Å². The van der Waals surface area contributed by atoms with Crippen LogP contribution in [0.4, 0.5) is 0 Å². The van der Waals surface area contributed by atoms with Gasteiger partial charge in [0, 0.05) is 0 Å². The van der Waals surface area contributed by atoms with Gasteiger partial charge in [-0.2, -0.15) is 0 Å². The third kappa shape index (κ3) is 2.98. The first-order valence-electron chi connectivity index (χ1n) is 4.88. The molecule has 0 unspecified atom stereocenters. The second kappa shape index (κ2) is 5.39. The predicted molar refractivity (Wildman–Crippen MR) is 58.0 cm³/mol. The molecule has 82 valence electrons. The van der Waals surface area contributed by atoms with Crippen LogP contribution in [0.15, 0.2) is 24.3 Å². The van der Waals surface area contributed by atoms with Crippen LogP contribution in [-0.2, 0) is 9.53 Å². The first-order valence-corrected chi connectivity index (χ1v) is 4.88. The van der Waals surface area contributed by atoms with Crippen LogP contribution in [0.1, 0.15) is 24.8 Å². The lowest BCUT2D eigenvalue weighted by Crippen LogP contribution is -2.07. The number of carbonyl (C=O) groups excluding carboxylic acids is 1. The summed E-state index contributed by atoms with van der Waals surface area (Å²) in [5.41, 5.74) is 1.03. The zero-order valence-corrected chi connectivity index (χ0v) is 9.32. The number of hydrogen-bond acceptors (Lipinski definition) is 3. The van der Waals surface area contributed by atoms with Gasteiger partial charge in [0.05, 0.1) is 20.6 Å². The monoisotopic (exact) mass is 208 g/mol. The molecular weight excluding hydrogens is 192 g/mol. The molecule has 1 rings (SSSR count). The van der Waals surface area contributed by atoms with E-state index in [1.165, 1.54) is 7.11 Å². The summed E-state index contributed by atoms with van der Waals surface area (Å²) < 4.78 is 9.87. The van der Waals surface area contributed by atoms with Gasteiger partial charge in [0.1, 0.15) is 5.75 Å². The highest BCUT2D eigenvalue weighted by molar-refractivity contribution is 5.70. The smallest absolute Gasteiger partial charge is 0.306 e. The van der Waals surface area contributed by atoms with Crippen molar-refractivity contribution in [1.82, 2.24) is 0 Å². The van der Waals surface area contributed by atoms with Crippen LogP contribution in [0.2, 0.25) is 0 Å². The molecule has 3 heteroatoms. The fourth-order valence-electron chi connectivity index (χ4n) is 1.52. The third-order valence-electron chi connectivity index (χ3n) is 2.37. The Morgan fingerprint density at radius 1 is 1.33 bits per heavy atom. The quantitative estimate of drug-likeness (QED) is 0.712. The summed E-state index contributed by atoms with van der Waals surface area (Å²) in [4.78, 5) is 11.1. The van der Waals surface area contributed by atoms with Gasteiger partial charge in [0.25, 0.3) is 0 Å². The summed E-state index contributed by atoms with van der Waals surface area (Å²) in [5.74, 6) is 0.718. The second-order valence-corrected chi connectivity index (χ2v) is 3.42. The van der Waals surface area contributed by atoms with Crippen LogP contribution in [-0.4, -0.2) is 20.2 Å². The SMILES string of the molecule is COC(=O)C[C@H](C)c1ccccc1OC. The highest BCUT2D eigenvalue weighted by Crippen LogP contribution is 2.28. The van der Waals surface area contributed by atoms with Crippen LogP contribution in [0.25, 0.3) is 0 Å². The molecule has 0 aliphatic carbocycles. The van der Waals surface area contributed by atoms with Crippen molar-refractivity contribution in [3.05, 3.63) is 29.8 Å². The number of para-hydroxylation sites is 1. The average Bonchev–Trinajstić information content (AvgIpc) is 2.28. The van der Waals surface area contributed by atoms with Gasteiger partial charge in [-0.15, -0.1) is 0 Å². The number of benzene rings is 1. The summed E-state index contributed by atoms with van der Waals surface area (Å²) in [6, 6.07) is 7.70. The Labute approximate surface area is 90.0 Å². The second-order valence-electron chi connectivity index (χ2n) is 3.42. The van der Waals surface area contributed by atoms with Gasteiger partial charge in [-0.25, -0.2) is 0 Å². The van der Waals surface area contributed by atoms with Crippen LogP contribution >= 0.6 is 0 Å². The Hall–Kier alpha value is -1.51. The first-order chi connectivity index (χ1) is 7.19. The summed E-state index contributed by atoms with van der Waals surface area (Å²) in [6.45, 7) is 1.98. The Bertz CT molecular complexity index is 333. The lowest BCUT2D eigenvalue weighted by Gasteiger charge is -2.14. The van der Waals surface area contributed by atoms with E-state index < -0.39 is 0 Å². The summed E-state index contributed by atoms with van der Waals surface area (Å²) in [7, 11) is 3.03. The standard InChI is InChI=1S/C12H16O3/c1-9(8-12(13)15-3)10-6-4-5-7-11(10)14-2/h4-7,9H,8H2,1-3H3/t9-/m0/s1. The van der Waals surface area contributed by atoms with E-state index in [2.05, 4.69) is 4.74 Å². The summed E-state index contributed by atoms with van der Waals surface area (Å²) in [6.07, 6.45) is 0.372. The van der Waals surface area contributed by atoms with Crippen molar-refractivity contribution < 1.29 is 14.3 Å². The van der Waals surface area contributed by atoms with Gasteiger partial charge >= 0.3 is 5.97 Å². The molecule has 1 atom stereocenters. The van der Waals surface area contributed by atoms with Crippen LogP contribution in [0.5, 0.6) is 5.75 Å². The zero-order valence-electron chi connectivity index (χ0n) is 9.32. The number of esters is 1. The number of methoxy groups -OCH3 is 2. The van der Waals surface area contributed by atoms with Crippen LogP contribution in [0.3, 0.4) is 0 Å². The largest absolute Gasteiger partial charge is 0.496 e. The molecule has 1 aromatic carbocycles. The molecule has 3 nitrogen and oxygen atoms in total. The lowest BCUT2D eigenvalue weighted by molar-refractivity contribution is -0.140. The molecule has 1 aromatic rings. The lowest BCUT2D eigenvalue weighted by atomic mass is 9.97. The van der Waals surface area contributed by atoms with Crippen molar-refractivity contribution in [2.45, 2.75) is 19.3 Å². The van der Waals surface area contributed by atoms with Crippen LogP contribution < -0.4 is 4.74 Å². The fraction of sp³-hybridized carbons (Fsp3) is 0.417. The molecule has 0 heterocycles. The molecule has 0 saturated heterocycles. The Kier molecular flexibility index (Phi) is 4.16. The molecular formula is C12H16O3. The topological polar surface area (TPSA) is 35.5 Å². The summed E-state index contributed by atoms with van der Waals surface area (Å²) in [5, 5.41) is 0. The first kappa shape index (κ1) is 11.6. The Balaban J connectivity index is 2.80. The highest BCUT2D eigenvalue weighted by atomic mass is 16.5. The van der Waals surface area contributed by atoms with E-state index >= 15 is 0 Å². The van der Waals surface area contributed by atoms with Gasteiger partial charge in [-0.3, -0.25) is 4.79 Å². The molecule has 0 bridgehead atoms.